The van der Waals surface area contributed by atoms with Crippen LogP contribution in [0.1, 0.15) is 27.7 Å². The van der Waals surface area contributed by atoms with Crippen molar-refractivity contribution in [3.8, 4) is 0 Å². The normalized spacial score (nSPS) is 22.5. The van der Waals surface area contributed by atoms with Gasteiger partial charge in [-0.2, -0.15) is 0 Å². The highest BCUT2D eigenvalue weighted by Crippen LogP contribution is 2.16. The fourth-order valence-electron chi connectivity index (χ4n) is 2.30. The maximum atomic E-state index is 12.1. The summed E-state index contributed by atoms with van der Waals surface area (Å²) in [5, 5.41) is 3.38. The zero-order chi connectivity index (χ0) is 15.3. The van der Waals surface area contributed by atoms with Crippen molar-refractivity contribution in [3.63, 3.8) is 0 Å². The van der Waals surface area contributed by atoms with E-state index in [4.69, 9.17) is 12.6 Å². The van der Waals surface area contributed by atoms with Crippen LogP contribution in [-0.4, -0.2) is 62.3 Å². The van der Waals surface area contributed by atoms with E-state index in [1.165, 1.54) is 0 Å². The molecule has 1 heterocycles. The van der Waals surface area contributed by atoms with Crippen LogP contribution in [0.5, 0.6) is 0 Å². The summed E-state index contributed by atoms with van der Waals surface area (Å²) in [7, 11) is 5.48. The Morgan fingerprint density at radius 2 is 1.95 bits per heavy atom. The molecule has 112 valence electrons. The largest absolute Gasteiger partial charge is 0.378 e. The summed E-state index contributed by atoms with van der Waals surface area (Å²) >= 11 is 0. The van der Waals surface area contributed by atoms with Crippen LogP contribution in [0, 0.1) is 5.92 Å². The topological polar surface area (TPSA) is 58.6 Å². The van der Waals surface area contributed by atoms with E-state index in [0.717, 1.165) is 0 Å². The van der Waals surface area contributed by atoms with E-state index in [2.05, 4.69) is 5.32 Å². The molecular formula is C14H25BN2O3. The molecule has 1 rings (SSSR count). The summed E-state index contributed by atoms with van der Waals surface area (Å²) in [5.74, 6) is -0.256. The molecule has 6 heteroatoms. The maximum Gasteiger partial charge on any atom is 0.214 e. The summed E-state index contributed by atoms with van der Waals surface area (Å²) < 4.78 is 5.48. The highest BCUT2D eigenvalue weighted by Gasteiger charge is 2.36. The quantitative estimate of drug-likeness (QED) is 0.685. The van der Waals surface area contributed by atoms with E-state index >= 15 is 0 Å². The first-order valence-electron chi connectivity index (χ1n) is 7.22. The van der Waals surface area contributed by atoms with Gasteiger partial charge in [-0.3, -0.25) is 9.59 Å². The van der Waals surface area contributed by atoms with Gasteiger partial charge in [-0.1, -0.05) is 27.7 Å². The number of hydrogen-bond donors (Lipinski definition) is 1. The molecule has 1 amide bonds. The Hall–Kier alpha value is -0.875. The Morgan fingerprint density at radius 1 is 1.30 bits per heavy atom. The lowest BCUT2D eigenvalue weighted by Crippen LogP contribution is -2.54. The van der Waals surface area contributed by atoms with Crippen molar-refractivity contribution >= 4 is 19.5 Å². The zero-order valence-electron chi connectivity index (χ0n) is 12.9. The minimum absolute atomic E-state index is 0.0435. The third-order valence-corrected chi connectivity index (χ3v) is 3.46. The molecule has 2 atom stereocenters. The highest BCUT2D eigenvalue weighted by atomic mass is 16.5. The second kappa shape index (κ2) is 7.79. The van der Waals surface area contributed by atoms with E-state index in [-0.39, 0.29) is 42.6 Å². The monoisotopic (exact) mass is 280 g/mol. The van der Waals surface area contributed by atoms with Crippen LogP contribution < -0.4 is 5.32 Å². The van der Waals surface area contributed by atoms with Gasteiger partial charge in [-0.25, -0.2) is 0 Å². The van der Waals surface area contributed by atoms with Crippen LogP contribution in [0.2, 0.25) is 6.32 Å². The lowest BCUT2D eigenvalue weighted by atomic mass is 10.00. The first kappa shape index (κ1) is 17.2. The van der Waals surface area contributed by atoms with Crippen molar-refractivity contribution in [2.45, 2.75) is 52.1 Å². The van der Waals surface area contributed by atoms with Gasteiger partial charge in [0.1, 0.15) is 0 Å². The van der Waals surface area contributed by atoms with E-state index in [0.29, 0.717) is 19.3 Å². The number of carbonyl (C=O) groups is 2. The number of rotatable bonds is 7. The van der Waals surface area contributed by atoms with Gasteiger partial charge in [-0.15, -0.1) is 0 Å². The van der Waals surface area contributed by atoms with Crippen molar-refractivity contribution in [1.29, 1.82) is 0 Å². The van der Waals surface area contributed by atoms with Gasteiger partial charge in [0.05, 0.1) is 39.7 Å². The second-order valence-corrected chi connectivity index (χ2v) is 5.88. The third-order valence-electron chi connectivity index (χ3n) is 3.46. The Balaban J connectivity index is 2.81. The summed E-state index contributed by atoms with van der Waals surface area (Å²) in [6, 6.07) is 0.210. The minimum Gasteiger partial charge on any atom is -0.378 e. The molecule has 1 saturated heterocycles. The van der Waals surface area contributed by atoms with Crippen molar-refractivity contribution < 1.29 is 14.3 Å². The van der Waals surface area contributed by atoms with Crippen molar-refractivity contribution in [1.82, 2.24) is 10.2 Å². The van der Waals surface area contributed by atoms with E-state index in [9.17, 15) is 9.59 Å². The minimum atomic E-state index is -0.204. The van der Waals surface area contributed by atoms with Crippen molar-refractivity contribution in [2.75, 3.05) is 19.8 Å². The Bertz CT molecular complexity index is 347. The van der Waals surface area contributed by atoms with Crippen LogP contribution in [0.25, 0.3) is 0 Å². The predicted molar refractivity (Wildman–Crippen MR) is 78.8 cm³/mol. The SMILES string of the molecule is [B]CC(=O)N(CC(=O)C(C)C)C1COCC1NC(C)C. The first-order chi connectivity index (χ1) is 9.36. The number of nitrogens with one attached hydrogen (secondary N) is 1. The molecule has 1 aliphatic heterocycles. The molecule has 2 unspecified atom stereocenters. The lowest BCUT2D eigenvalue weighted by Gasteiger charge is -2.33. The van der Waals surface area contributed by atoms with E-state index in [1.54, 1.807) is 4.90 Å². The van der Waals surface area contributed by atoms with E-state index < -0.39 is 0 Å². The van der Waals surface area contributed by atoms with Crippen molar-refractivity contribution in [2.24, 2.45) is 5.92 Å². The molecule has 0 aromatic rings. The fraction of sp³-hybridized carbons (Fsp3) is 0.857. The molecular weight excluding hydrogens is 255 g/mol. The van der Waals surface area contributed by atoms with Crippen LogP contribution >= 0.6 is 0 Å². The molecule has 0 spiro atoms. The number of hydrogen-bond acceptors (Lipinski definition) is 4. The average molecular weight is 280 g/mol. The molecule has 1 N–H and O–H groups in total. The summed E-state index contributed by atoms with van der Waals surface area (Å²) in [6.45, 7) is 8.87. The van der Waals surface area contributed by atoms with Crippen LogP contribution in [0.3, 0.4) is 0 Å². The molecule has 0 aliphatic carbocycles. The number of Topliss-reactive ketones (excluding diaryl/α,β-unsaturated/α-hetero) is 1. The fourth-order valence-corrected chi connectivity index (χ4v) is 2.30. The molecule has 0 saturated carbocycles. The molecule has 1 aliphatic rings. The van der Waals surface area contributed by atoms with Gasteiger partial charge < -0.3 is 15.0 Å². The molecule has 0 aromatic heterocycles. The third kappa shape index (κ3) is 4.60. The summed E-state index contributed by atoms with van der Waals surface area (Å²) in [5.41, 5.74) is 0. The Kier molecular flexibility index (Phi) is 6.69. The Morgan fingerprint density at radius 3 is 2.45 bits per heavy atom. The number of carbonyl (C=O) groups excluding carboxylic acids is 2. The van der Waals surface area contributed by atoms with Crippen LogP contribution in [0.15, 0.2) is 0 Å². The Labute approximate surface area is 122 Å². The lowest BCUT2D eigenvalue weighted by molar-refractivity contribution is -0.137. The number of nitrogens with zero attached hydrogens (tertiary/aromatic N) is 1. The summed E-state index contributed by atoms with van der Waals surface area (Å²) in [6.07, 6.45) is -0.0870. The predicted octanol–water partition coefficient (Wildman–Crippen LogP) is 0.392. The first-order valence-corrected chi connectivity index (χ1v) is 7.22. The molecule has 20 heavy (non-hydrogen) atoms. The number of ketones is 1. The average Bonchev–Trinajstić information content (AvgIpc) is 2.81. The van der Waals surface area contributed by atoms with E-state index in [1.807, 2.05) is 27.7 Å². The molecule has 0 bridgehead atoms. The standard InChI is InChI=1S/C14H25BN2O3/c1-9(2)13(18)6-17(14(19)5-15)12-8-20-7-11(12)16-10(3)4/h9-12,16H,5-8H2,1-4H3. The van der Waals surface area contributed by atoms with Gasteiger partial charge >= 0.3 is 0 Å². The van der Waals surface area contributed by atoms with Gasteiger partial charge in [0.15, 0.2) is 5.78 Å². The van der Waals surface area contributed by atoms with Gasteiger partial charge in [0, 0.05) is 12.0 Å². The molecule has 0 aromatic carbocycles. The number of ether oxygens (including phenoxy) is 1. The van der Waals surface area contributed by atoms with Gasteiger partial charge in [-0.05, 0) is 6.32 Å². The molecule has 1 fully saturated rings. The number of amides is 1. The van der Waals surface area contributed by atoms with Gasteiger partial charge in [0.2, 0.25) is 5.91 Å². The molecule has 5 nitrogen and oxygen atoms in total. The zero-order valence-corrected chi connectivity index (χ0v) is 12.9. The van der Waals surface area contributed by atoms with Gasteiger partial charge in [0.25, 0.3) is 0 Å². The van der Waals surface area contributed by atoms with Crippen molar-refractivity contribution in [3.05, 3.63) is 0 Å². The maximum absolute atomic E-state index is 12.1. The summed E-state index contributed by atoms with van der Waals surface area (Å²) in [4.78, 5) is 25.6. The van der Waals surface area contributed by atoms with Crippen LogP contribution in [-0.2, 0) is 14.3 Å². The second-order valence-electron chi connectivity index (χ2n) is 5.88. The molecule has 2 radical (unpaired) electrons. The smallest absolute Gasteiger partial charge is 0.214 e. The van der Waals surface area contributed by atoms with Crippen LogP contribution in [0.4, 0.5) is 0 Å². The highest BCUT2D eigenvalue weighted by molar-refractivity contribution is 6.19.